The first-order valence-corrected chi connectivity index (χ1v) is 7.16. The maximum Gasteiger partial charge on any atom is 0.167 e. The van der Waals surface area contributed by atoms with Crippen LogP contribution < -0.4 is 0 Å². The molecule has 0 bridgehead atoms. The minimum Gasteiger partial charge on any atom is -0.378 e. The number of hydrogen-bond acceptors (Lipinski definition) is 3. The van der Waals surface area contributed by atoms with Gasteiger partial charge < -0.3 is 4.74 Å². The van der Waals surface area contributed by atoms with E-state index in [9.17, 15) is 4.79 Å². The van der Waals surface area contributed by atoms with E-state index >= 15 is 0 Å². The number of halogens is 2. The molecule has 1 aliphatic heterocycles. The molecule has 1 fully saturated rings. The maximum absolute atomic E-state index is 11.9. The van der Waals surface area contributed by atoms with Crippen LogP contribution in [0, 0.1) is 0 Å². The van der Waals surface area contributed by atoms with Gasteiger partial charge in [0.05, 0.1) is 13.7 Å². The summed E-state index contributed by atoms with van der Waals surface area (Å²) in [5, 5.41) is 0. The monoisotopic (exact) mass is 352 g/mol. The molecule has 2 heterocycles. The van der Waals surface area contributed by atoms with Crippen LogP contribution in [0.1, 0.15) is 29.6 Å². The van der Waals surface area contributed by atoms with Gasteiger partial charge in [0.2, 0.25) is 0 Å². The van der Waals surface area contributed by atoms with Crippen LogP contribution in [0.4, 0.5) is 0 Å². The third-order valence-electron chi connectivity index (χ3n) is 2.39. The molecule has 1 unspecified atom stereocenters. The molecule has 0 N–H and O–H groups in total. The molecule has 5 heteroatoms. The number of hydrogen-bond donors (Lipinski definition) is 0. The second-order valence-electron chi connectivity index (χ2n) is 3.50. The largest absolute Gasteiger partial charge is 0.378 e. The predicted molar refractivity (Wildman–Crippen MR) is 67.6 cm³/mol. The normalized spacial score (nSPS) is 20.8. The Hall–Kier alpha value is 0.290. The number of thiophene rings is 1. The van der Waals surface area contributed by atoms with E-state index in [1.807, 2.05) is 6.07 Å². The van der Waals surface area contributed by atoms with Crippen LogP contribution in [-0.2, 0) is 4.74 Å². The van der Waals surface area contributed by atoms with Crippen molar-refractivity contribution < 1.29 is 9.53 Å². The van der Waals surface area contributed by atoms with E-state index in [2.05, 4.69) is 31.9 Å². The van der Waals surface area contributed by atoms with Crippen LogP contribution in [0.15, 0.2) is 13.6 Å². The summed E-state index contributed by atoms with van der Waals surface area (Å²) >= 11 is 8.29. The van der Waals surface area contributed by atoms with Gasteiger partial charge in [0.1, 0.15) is 0 Å². The van der Waals surface area contributed by atoms with Crippen molar-refractivity contribution in [1.29, 1.82) is 0 Å². The Morgan fingerprint density at radius 3 is 2.93 bits per heavy atom. The van der Waals surface area contributed by atoms with Gasteiger partial charge in [-0.05, 0) is 50.8 Å². The Morgan fingerprint density at radius 2 is 2.40 bits per heavy atom. The van der Waals surface area contributed by atoms with E-state index in [4.69, 9.17) is 4.74 Å². The number of carbonyl (C=O) groups excluding carboxylic acids is 1. The molecular formula is C10H10Br2O2S. The van der Waals surface area contributed by atoms with E-state index < -0.39 is 0 Å². The highest BCUT2D eigenvalue weighted by Crippen LogP contribution is 2.33. The van der Waals surface area contributed by atoms with Gasteiger partial charge in [-0.1, -0.05) is 0 Å². The highest BCUT2D eigenvalue weighted by molar-refractivity contribution is 9.12. The van der Waals surface area contributed by atoms with Crippen molar-refractivity contribution in [1.82, 2.24) is 0 Å². The van der Waals surface area contributed by atoms with Crippen LogP contribution in [0.2, 0.25) is 0 Å². The smallest absolute Gasteiger partial charge is 0.167 e. The summed E-state index contributed by atoms with van der Waals surface area (Å²) in [6.45, 7) is 0.798. The Bertz CT molecular complexity index is 369. The van der Waals surface area contributed by atoms with E-state index in [0.717, 1.165) is 32.6 Å². The molecule has 1 aromatic heterocycles. The molecule has 0 aromatic carbocycles. The van der Waals surface area contributed by atoms with Crippen LogP contribution in [0.5, 0.6) is 0 Å². The summed E-state index contributed by atoms with van der Waals surface area (Å²) in [6.07, 6.45) is 2.71. The Kier molecular flexibility index (Phi) is 3.98. The maximum atomic E-state index is 11.9. The highest BCUT2D eigenvalue weighted by Gasteiger charge is 2.22. The fourth-order valence-corrected chi connectivity index (χ4v) is 4.51. The lowest BCUT2D eigenvalue weighted by atomic mass is 10.1. The van der Waals surface area contributed by atoms with Gasteiger partial charge >= 0.3 is 0 Å². The predicted octanol–water partition coefficient (Wildman–Crippen LogP) is 4.02. The van der Waals surface area contributed by atoms with Gasteiger partial charge in [0.25, 0.3) is 0 Å². The van der Waals surface area contributed by atoms with Gasteiger partial charge in [0, 0.05) is 18.6 Å². The molecule has 82 valence electrons. The van der Waals surface area contributed by atoms with E-state index in [1.54, 1.807) is 0 Å². The molecule has 0 saturated carbocycles. The van der Waals surface area contributed by atoms with Crippen molar-refractivity contribution in [2.75, 3.05) is 6.61 Å². The topological polar surface area (TPSA) is 26.3 Å². The number of ketones is 1. The third-order valence-corrected chi connectivity index (χ3v) is 4.73. The minimum atomic E-state index is 0.128. The summed E-state index contributed by atoms with van der Waals surface area (Å²) in [5.74, 6) is 0.163. The molecule has 0 spiro atoms. The summed E-state index contributed by atoms with van der Waals surface area (Å²) in [5.41, 5.74) is 0.766. The van der Waals surface area contributed by atoms with Crippen molar-refractivity contribution in [2.24, 2.45) is 0 Å². The SMILES string of the molecule is O=C(CC1CCCO1)c1cc(Br)sc1Br. The fraction of sp³-hybridized carbons (Fsp3) is 0.500. The molecule has 1 atom stereocenters. The third kappa shape index (κ3) is 2.90. The number of carbonyl (C=O) groups is 1. The molecule has 0 amide bonds. The van der Waals surface area contributed by atoms with Crippen LogP contribution in [0.25, 0.3) is 0 Å². The Morgan fingerprint density at radius 1 is 1.60 bits per heavy atom. The van der Waals surface area contributed by atoms with Crippen molar-refractivity contribution >= 4 is 49.0 Å². The van der Waals surface area contributed by atoms with Crippen LogP contribution in [0.3, 0.4) is 0 Å². The summed E-state index contributed by atoms with van der Waals surface area (Å²) in [4.78, 5) is 11.9. The van der Waals surface area contributed by atoms with Crippen molar-refractivity contribution in [3.05, 3.63) is 19.2 Å². The zero-order valence-corrected chi connectivity index (χ0v) is 12.0. The highest BCUT2D eigenvalue weighted by atomic mass is 79.9. The molecule has 15 heavy (non-hydrogen) atoms. The lowest BCUT2D eigenvalue weighted by Crippen LogP contribution is -2.12. The van der Waals surface area contributed by atoms with E-state index in [0.29, 0.717) is 6.42 Å². The zero-order valence-electron chi connectivity index (χ0n) is 7.96. The molecule has 2 nitrogen and oxygen atoms in total. The zero-order chi connectivity index (χ0) is 10.8. The van der Waals surface area contributed by atoms with Gasteiger partial charge in [-0.25, -0.2) is 0 Å². The fourth-order valence-electron chi connectivity index (χ4n) is 1.65. The Labute approximate surface area is 109 Å². The van der Waals surface area contributed by atoms with E-state index in [1.165, 1.54) is 11.3 Å². The average Bonchev–Trinajstić information content (AvgIpc) is 2.75. The standard InChI is InChI=1S/C10H10Br2O2S/c11-9-5-7(10(12)15-9)8(13)4-6-2-1-3-14-6/h5-6H,1-4H2. The van der Waals surface area contributed by atoms with Crippen molar-refractivity contribution in [2.45, 2.75) is 25.4 Å². The lowest BCUT2D eigenvalue weighted by molar-refractivity contribution is 0.0775. The number of rotatable bonds is 3. The first kappa shape index (κ1) is 11.8. The summed E-state index contributed by atoms with van der Waals surface area (Å²) < 4.78 is 7.32. The summed E-state index contributed by atoms with van der Waals surface area (Å²) in [7, 11) is 0. The number of ether oxygens (including phenoxy) is 1. The average molecular weight is 354 g/mol. The molecule has 0 radical (unpaired) electrons. The van der Waals surface area contributed by atoms with Crippen molar-refractivity contribution in [3.8, 4) is 0 Å². The van der Waals surface area contributed by atoms with Gasteiger partial charge in [0.15, 0.2) is 5.78 Å². The second-order valence-corrected chi connectivity index (χ2v) is 7.25. The Balaban J connectivity index is 2.03. The minimum absolute atomic E-state index is 0.128. The lowest BCUT2D eigenvalue weighted by Gasteiger charge is -2.06. The van der Waals surface area contributed by atoms with E-state index in [-0.39, 0.29) is 11.9 Å². The van der Waals surface area contributed by atoms with Crippen LogP contribution >= 0.6 is 43.2 Å². The summed E-state index contributed by atoms with van der Waals surface area (Å²) in [6, 6.07) is 1.87. The molecular weight excluding hydrogens is 344 g/mol. The molecule has 2 rings (SSSR count). The quantitative estimate of drug-likeness (QED) is 0.767. The van der Waals surface area contributed by atoms with Gasteiger partial charge in [-0.3, -0.25) is 4.79 Å². The molecule has 0 aliphatic carbocycles. The van der Waals surface area contributed by atoms with Crippen LogP contribution in [-0.4, -0.2) is 18.5 Å². The molecule has 1 saturated heterocycles. The first-order valence-electron chi connectivity index (χ1n) is 4.76. The molecule has 1 aromatic rings. The van der Waals surface area contributed by atoms with Crippen molar-refractivity contribution in [3.63, 3.8) is 0 Å². The second kappa shape index (κ2) is 5.08. The van der Waals surface area contributed by atoms with Gasteiger partial charge in [-0.2, -0.15) is 0 Å². The number of Topliss-reactive ketones (excluding diaryl/α,β-unsaturated/α-hetero) is 1. The first-order chi connectivity index (χ1) is 7.16. The van der Waals surface area contributed by atoms with Gasteiger partial charge in [-0.15, -0.1) is 11.3 Å². The molecule has 1 aliphatic rings.